The average molecular weight is 315 g/mol. The van der Waals surface area contributed by atoms with Crippen LogP contribution in [0.4, 0.5) is 0 Å². The lowest BCUT2D eigenvalue weighted by Gasteiger charge is -2.21. The van der Waals surface area contributed by atoms with Crippen LogP contribution in [0.25, 0.3) is 0 Å². The van der Waals surface area contributed by atoms with E-state index in [0.717, 1.165) is 12.8 Å². The van der Waals surface area contributed by atoms with Gasteiger partial charge >= 0.3 is 0 Å². The minimum atomic E-state index is -3.55. The Morgan fingerprint density at radius 2 is 2.25 bits per heavy atom. The van der Waals surface area contributed by atoms with Gasteiger partial charge in [0.15, 0.2) is 0 Å². The van der Waals surface area contributed by atoms with Crippen LogP contribution in [-0.2, 0) is 14.8 Å². The average Bonchev–Trinajstić information content (AvgIpc) is 3.23. The largest absolute Gasteiger partial charge is 0.388 e. The van der Waals surface area contributed by atoms with Gasteiger partial charge in [0.05, 0.1) is 12.3 Å². The summed E-state index contributed by atoms with van der Waals surface area (Å²) in [7, 11) is -1.99. The van der Waals surface area contributed by atoms with E-state index in [1.54, 1.807) is 7.11 Å². The molecule has 1 aliphatic rings. The molecule has 1 heterocycles. The molecule has 1 aliphatic carbocycles. The summed E-state index contributed by atoms with van der Waals surface area (Å²) in [5, 5.41) is 0. The Balaban J connectivity index is 2.25. The van der Waals surface area contributed by atoms with Crippen molar-refractivity contribution in [3.05, 3.63) is 24.0 Å². The standard InChI is InChI=1S/C12H17N3O3S2/c1-18-7-6-15(9-2-3-9)20(16,17)10-4-5-11(12(13)19)14-8-10/h4-5,8-9H,2-3,6-7H2,1H3,(H2,13,19). The molecule has 0 atom stereocenters. The molecule has 1 aromatic rings. The highest BCUT2D eigenvalue weighted by molar-refractivity contribution is 7.89. The third kappa shape index (κ3) is 3.32. The molecule has 0 spiro atoms. The molecule has 1 saturated carbocycles. The van der Waals surface area contributed by atoms with Crippen molar-refractivity contribution in [1.82, 2.24) is 9.29 Å². The molecular formula is C12H17N3O3S2. The molecule has 2 rings (SSSR count). The van der Waals surface area contributed by atoms with Crippen molar-refractivity contribution < 1.29 is 13.2 Å². The molecule has 0 bridgehead atoms. The quantitative estimate of drug-likeness (QED) is 0.738. The number of sulfonamides is 1. The fourth-order valence-electron chi connectivity index (χ4n) is 1.86. The van der Waals surface area contributed by atoms with Crippen LogP contribution in [0, 0.1) is 0 Å². The van der Waals surface area contributed by atoms with Crippen LogP contribution >= 0.6 is 12.2 Å². The number of aromatic nitrogens is 1. The third-order valence-corrected chi connectivity index (χ3v) is 5.21. The molecule has 0 radical (unpaired) electrons. The minimum Gasteiger partial charge on any atom is -0.388 e. The molecule has 0 amide bonds. The van der Waals surface area contributed by atoms with E-state index >= 15 is 0 Å². The summed E-state index contributed by atoms with van der Waals surface area (Å²) < 4.78 is 31.6. The lowest BCUT2D eigenvalue weighted by atomic mass is 10.3. The zero-order valence-electron chi connectivity index (χ0n) is 11.2. The van der Waals surface area contributed by atoms with Crippen LogP contribution in [0.2, 0.25) is 0 Å². The van der Waals surface area contributed by atoms with Crippen molar-refractivity contribution >= 4 is 27.2 Å². The number of nitrogens with zero attached hydrogens (tertiary/aromatic N) is 2. The van der Waals surface area contributed by atoms with Gasteiger partial charge in [-0.3, -0.25) is 4.98 Å². The number of rotatable bonds is 7. The highest BCUT2D eigenvalue weighted by Gasteiger charge is 2.37. The predicted octanol–water partition coefficient (Wildman–Crippen LogP) is 0.515. The summed E-state index contributed by atoms with van der Waals surface area (Å²) in [5.41, 5.74) is 5.86. The van der Waals surface area contributed by atoms with Gasteiger partial charge in [0.1, 0.15) is 9.88 Å². The molecule has 0 aromatic carbocycles. The monoisotopic (exact) mass is 315 g/mol. The second kappa shape index (κ2) is 6.13. The molecule has 20 heavy (non-hydrogen) atoms. The van der Waals surface area contributed by atoms with E-state index in [9.17, 15) is 8.42 Å². The highest BCUT2D eigenvalue weighted by Crippen LogP contribution is 2.31. The van der Waals surface area contributed by atoms with Crippen LogP contribution in [0.15, 0.2) is 23.2 Å². The Hall–Kier alpha value is -1.09. The van der Waals surface area contributed by atoms with Crippen LogP contribution in [0.1, 0.15) is 18.5 Å². The molecule has 0 aliphatic heterocycles. The lowest BCUT2D eigenvalue weighted by molar-refractivity contribution is 0.177. The molecule has 1 fully saturated rings. The zero-order chi connectivity index (χ0) is 14.8. The summed E-state index contributed by atoms with van der Waals surface area (Å²) in [6.45, 7) is 0.717. The molecule has 0 saturated heterocycles. The Morgan fingerprint density at radius 3 is 2.70 bits per heavy atom. The number of hydrogen-bond acceptors (Lipinski definition) is 5. The molecule has 0 unspecified atom stereocenters. The van der Waals surface area contributed by atoms with Crippen molar-refractivity contribution in [2.24, 2.45) is 5.73 Å². The molecule has 1 aromatic heterocycles. The lowest BCUT2D eigenvalue weighted by Crippen LogP contribution is -2.36. The van der Waals surface area contributed by atoms with Crippen LogP contribution in [0.3, 0.4) is 0 Å². The number of pyridine rings is 1. The predicted molar refractivity (Wildman–Crippen MR) is 78.9 cm³/mol. The van der Waals surface area contributed by atoms with Crippen molar-refractivity contribution in [3.8, 4) is 0 Å². The van der Waals surface area contributed by atoms with Crippen LogP contribution in [-0.4, -0.2) is 49.0 Å². The Labute approximate surface area is 124 Å². The fourth-order valence-corrected chi connectivity index (χ4v) is 3.59. The third-order valence-electron chi connectivity index (χ3n) is 3.07. The molecule has 110 valence electrons. The summed E-state index contributed by atoms with van der Waals surface area (Å²) in [4.78, 5) is 4.28. The van der Waals surface area contributed by atoms with E-state index in [1.165, 1.54) is 22.6 Å². The number of thiocarbonyl (C=S) groups is 1. The number of hydrogen-bond donors (Lipinski definition) is 1. The first-order chi connectivity index (χ1) is 9.46. The molecule has 8 heteroatoms. The minimum absolute atomic E-state index is 0.0745. The van der Waals surface area contributed by atoms with Crippen LogP contribution < -0.4 is 5.73 Å². The smallest absolute Gasteiger partial charge is 0.244 e. The summed E-state index contributed by atoms with van der Waals surface area (Å²) >= 11 is 4.80. The van der Waals surface area contributed by atoms with Crippen molar-refractivity contribution in [3.63, 3.8) is 0 Å². The van der Waals surface area contributed by atoms with Crippen molar-refractivity contribution in [2.75, 3.05) is 20.3 Å². The van der Waals surface area contributed by atoms with Gasteiger partial charge in [0, 0.05) is 25.9 Å². The van der Waals surface area contributed by atoms with Gasteiger partial charge < -0.3 is 10.5 Å². The van der Waals surface area contributed by atoms with E-state index < -0.39 is 10.0 Å². The van der Waals surface area contributed by atoms with Gasteiger partial charge in [0.25, 0.3) is 0 Å². The Morgan fingerprint density at radius 1 is 1.55 bits per heavy atom. The highest BCUT2D eigenvalue weighted by atomic mass is 32.2. The normalized spacial score (nSPS) is 15.5. The fraction of sp³-hybridized carbons (Fsp3) is 0.500. The van der Waals surface area contributed by atoms with Gasteiger partial charge in [0.2, 0.25) is 10.0 Å². The van der Waals surface area contributed by atoms with E-state index in [2.05, 4.69) is 4.98 Å². The van der Waals surface area contributed by atoms with Gasteiger partial charge in [-0.1, -0.05) is 12.2 Å². The van der Waals surface area contributed by atoms with E-state index in [1.807, 2.05) is 0 Å². The maximum absolute atomic E-state index is 12.6. The zero-order valence-corrected chi connectivity index (χ0v) is 12.8. The van der Waals surface area contributed by atoms with Gasteiger partial charge in [-0.2, -0.15) is 4.31 Å². The maximum Gasteiger partial charge on any atom is 0.244 e. The van der Waals surface area contributed by atoms with Gasteiger partial charge in [-0.25, -0.2) is 8.42 Å². The second-order valence-corrected chi connectivity index (χ2v) is 6.91. The molecule has 2 N–H and O–H groups in total. The van der Waals surface area contributed by atoms with E-state index in [0.29, 0.717) is 18.8 Å². The number of ether oxygens (including phenoxy) is 1. The van der Waals surface area contributed by atoms with Gasteiger partial charge in [-0.15, -0.1) is 0 Å². The number of methoxy groups -OCH3 is 1. The first kappa shape index (κ1) is 15.3. The SMILES string of the molecule is COCCN(C1CC1)S(=O)(=O)c1ccc(C(N)=S)nc1. The molecular weight excluding hydrogens is 298 g/mol. The topological polar surface area (TPSA) is 85.5 Å². The second-order valence-electron chi connectivity index (χ2n) is 4.58. The summed E-state index contributed by atoms with van der Waals surface area (Å²) in [6.07, 6.45) is 3.08. The Kier molecular flexibility index (Phi) is 4.69. The summed E-state index contributed by atoms with van der Waals surface area (Å²) in [5.74, 6) is 0. The number of nitrogens with two attached hydrogens (primary N) is 1. The first-order valence-corrected chi connectivity index (χ1v) is 8.08. The van der Waals surface area contributed by atoms with Crippen LogP contribution in [0.5, 0.6) is 0 Å². The first-order valence-electron chi connectivity index (χ1n) is 6.23. The van der Waals surface area contributed by atoms with E-state index in [-0.39, 0.29) is 15.9 Å². The summed E-state index contributed by atoms with van der Waals surface area (Å²) in [6, 6.07) is 3.08. The Bertz CT molecular complexity index is 582. The van der Waals surface area contributed by atoms with Crippen molar-refractivity contribution in [2.45, 2.75) is 23.8 Å². The van der Waals surface area contributed by atoms with Gasteiger partial charge in [-0.05, 0) is 25.0 Å². The molecule has 6 nitrogen and oxygen atoms in total. The van der Waals surface area contributed by atoms with Crippen molar-refractivity contribution in [1.29, 1.82) is 0 Å². The maximum atomic E-state index is 12.6. The van der Waals surface area contributed by atoms with E-state index in [4.69, 9.17) is 22.7 Å².